The van der Waals surface area contributed by atoms with Crippen molar-refractivity contribution >= 4 is 23.1 Å². The summed E-state index contributed by atoms with van der Waals surface area (Å²) >= 11 is 6.16. The number of fused-ring (bicyclic) bond motifs is 1. The lowest BCUT2D eigenvalue weighted by atomic mass is 10.1. The number of aromatic nitrogens is 3. The normalized spacial score (nSPS) is 14.4. The molecule has 0 atom stereocenters. The molecule has 2 aromatic heterocycles. The monoisotopic (exact) mass is 261 g/mol. The highest BCUT2D eigenvalue weighted by molar-refractivity contribution is 6.33. The third-order valence-electron chi connectivity index (χ3n) is 3.07. The maximum Gasteiger partial charge on any atom is 0.125 e. The first kappa shape index (κ1) is 11.2. The standard InChI is InChI=1S/C12H12ClN5/c13-9-5-16-12(14)3-11(9)18-2-1-8-4-15-7-17-10(8)6-18/h3-5,7H,1-2,6H2,(H2,14,16). The molecule has 0 saturated carbocycles. The summed E-state index contributed by atoms with van der Waals surface area (Å²) in [5.74, 6) is 0.475. The van der Waals surface area contributed by atoms with Crippen molar-refractivity contribution in [3.63, 3.8) is 0 Å². The molecule has 2 N–H and O–H groups in total. The minimum atomic E-state index is 0.475. The van der Waals surface area contributed by atoms with Crippen LogP contribution in [0.4, 0.5) is 11.5 Å². The van der Waals surface area contributed by atoms with Gasteiger partial charge in [-0.05, 0) is 12.0 Å². The molecule has 18 heavy (non-hydrogen) atoms. The maximum atomic E-state index is 6.16. The highest BCUT2D eigenvalue weighted by Gasteiger charge is 2.19. The number of hydrogen-bond donors (Lipinski definition) is 1. The molecule has 0 unspecified atom stereocenters. The Bertz CT molecular complexity index is 586. The quantitative estimate of drug-likeness (QED) is 0.846. The van der Waals surface area contributed by atoms with Gasteiger partial charge in [-0.1, -0.05) is 11.6 Å². The summed E-state index contributed by atoms with van der Waals surface area (Å²) in [4.78, 5) is 14.5. The van der Waals surface area contributed by atoms with Gasteiger partial charge in [0.15, 0.2) is 0 Å². The van der Waals surface area contributed by atoms with E-state index < -0.39 is 0 Å². The first-order valence-corrected chi connectivity index (χ1v) is 6.05. The lowest BCUT2D eigenvalue weighted by molar-refractivity contribution is 0.703. The summed E-state index contributed by atoms with van der Waals surface area (Å²) in [6.45, 7) is 1.60. The van der Waals surface area contributed by atoms with Crippen LogP contribution in [0.5, 0.6) is 0 Å². The number of anilines is 2. The van der Waals surface area contributed by atoms with Crippen LogP contribution in [0, 0.1) is 0 Å². The van der Waals surface area contributed by atoms with E-state index >= 15 is 0 Å². The van der Waals surface area contributed by atoms with E-state index in [0.717, 1.165) is 30.9 Å². The molecule has 92 valence electrons. The van der Waals surface area contributed by atoms with Crippen LogP contribution in [0.25, 0.3) is 0 Å². The smallest absolute Gasteiger partial charge is 0.125 e. The van der Waals surface area contributed by atoms with Gasteiger partial charge in [-0.3, -0.25) is 0 Å². The topological polar surface area (TPSA) is 67.9 Å². The number of nitrogens with zero attached hydrogens (tertiary/aromatic N) is 4. The Morgan fingerprint density at radius 3 is 3.06 bits per heavy atom. The number of nitrogens with two attached hydrogens (primary N) is 1. The van der Waals surface area contributed by atoms with Gasteiger partial charge >= 0.3 is 0 Å². The van der Waals surface area contributed by atoms with Gasteiger partial charge in [-0.15, -0.1) is 0 Å². The van der Waals surface area contributed by atoms with Crippen molar-refractivity contribution in [3.05, 3.63) is 41.1 Å². The molecule has 0 saturated heterocycles. The maximum absolute atomic E-state index is 6.16. The molecule has 5 nitrogen and oxygen atoms in total. The largest absolute Gasteiger partial charge is 0.384 e. The molecular formula is C12H12ClN5. The molecule has 6 heteroatoms. The van der Waals surface area contributed by atoms with Crippen molar-refractivity contribution in [1.29, 1.82) is 0 Å². The molecule has 0 aromatic carbocycles. The Balaban J connectivity index is 1.94. The molecule has 0 bridgehead atoms. The summed E-state index contributed by atoms with van der Waals surface area (Å²) in [6, 6.07) is 1.80. The van der Waals surface area contributed by atoms with E-state index in [9.17, 15) is 0 Å². The first-order chi connectivity index (χ1) is 8.74. The van der Waals surface area contributed by atoms with E-state index in [0.29, 0.717) is 10.8 Å². The second kappa shape index (κ2) is 4.42. The molecule has 0 radical (unpaired) electrons. The number of pyridine rings is 1. The Labute approximate surface area is 110 Å². The Kier molecular flexibility index (Phi) is 2.76. The molecular weight excluding hydrogens is 250 g/mol. The zero-order valence-corrected chi connectivity index (χ0v) is 10.4. The van der Waals surface area contributed by atoms with Crippen molar-refractivity contribution in [1.82, 2.24) is 15.0 Å². The van der Waals surface area contributed by atoms with Crippen LogP contribution in [0.2, 0.25) is 5.02 Å². The number of halogens is 1. The molecule has 0 fully saturated rings. The summed E-state index contributed by atoms with van der Waals surface area (Å²) in [6.07, 6.45) is 5.95. The number of nitrogen functional groups attached to an aromatic ring is 1. The Hall–Kier alpha value is -1.88. The number of rotatable bonds is 1. The fourth-order valence-electron chi connectivity index (χ4n) is 2.14. The van der Waals surface area contributed by atoms with Gasteiger partial charge in [-0.25, -0.2) is 15.0 Å². The molecule has 3 heterocycles. The second-order valence-corrected chi connectivity index (χ2v) is 4.63. The molecule has 0 spiro atoms. The van der Waals surface area contributed by atoms with Crippen LogP contribution >= 0.6 is 11.6 Å². The van der Waals surface area contributed by atoms with Gasteiger partial charge in [0.2, 0.25) is 0 Å². The van der Waals surface area contributed by atoms with Gasteiger partial charge in [-0.2, -0.15) is 0 Å². The fraction of sp³-hybridized carbons (Fsp3) is 0.250. The van der Waals surface area contributed by atoms with Crippen LogP contribution in [-0.2, 0) is 13.0 Å². The third kappa shape index (κ3) is 1.97. The van der Waals surface area contributed by atoms with E-state index in [4.69, 9.17) is 17.3 Å². The van der Waals surface area contributed by atoms with Crippen LogP contribution in [0.15, 0.2) is 24.8 Å². The zero-order chi connectivity index (χ0) is 12.5. The van der Waals surface area contributed by atoms with Gasteiger partial charge < -0.3 is 10.6 Å². The Morgan fingerprint density at radius 2 is 2.17 bits per heavy atom. The average molecular weight is 262 g/mol. The molecule has 0 aliphatic carbocycles. The van der Waals surface area contributed by atoms with Crippen molar-refractivity contribution in [2.45, 2.75) is 13.0 Å². The van der Waals surface area contributed by atoms with Crippen LogP contribution in [-0.4, -0.2) is 21.5 Å². The molecule has 0 amide bonds. The van der Waals surface area contributed by atoms with E-state index in [1.165, 1.54) is 5.56 Å². The lowest BCUT2D eigenvalue weighted by Gasteiger charge is -2.30. The first-order valence-electron chi connectivity index (χ1n) is 5.68. The van der Waals surface area contributed by atoms with Crippen LogP contribution in [0.3, 0.4) is 0 Å². The minimum absolute atomic E-state index is 0.475. The molecule has 3 rings (SSSR count). The summed E-state index contributed by atoms with van der Waals surface area (Å²) < 4.78 is 0. The highest BCUT2D eigenvalue weighted by atomic mass is 35.5. The van der Waals surface area contributed by atoms with Crippen LogP contribution in [0.1, 0.15) is 11.3 Å². The highest BCUT2D eigenvalue weighted by Crippen LogP contribution is 2.30. The van der Waals surface area contributed by atoms with E-state index in [-0.39, 0.29) is 0 Å². The van der Waals surface area contributed by atoms with Crippen LogP contribution < -0.4 is 10.6 Å². The summed E-state index contributed by atoms with van der Waals surface area (Å²) in [7, 11) is 0. The van der Waals surface area contributed by atoms with Crippen molar-refractivity contribution in [3.8, 4) is 0 Å². The molecule has 1 aliphatic rings. The van der Waals surface area contributed by atoms with Gasteiger partial charge in [0.05, 0.1) is 22.9 Å². The SMILES string of the molecule is Nc1cc(N2CCc3cncnc3C2)c(Cl)cn1. The summed E-state index contributed by atoms with van der Waals surface area (Å²) in [5.41, 5.74) is 8.86. The third-order valence-corrected chi connectivity index (χ3v) is 3.36. The molecule has 2 aromatic rings. The predicted molar refractivity (Wildman–Crippen MR) is 70.4 cm³/mol. The molecule has 1 aliphatic heterocycles. The van der Waals surface area contributed by atoms with Gasteiger partial charge in [0, 0.05) is 25.0 Å². The van der Waals surface area contributed by atoms with E-state index in [1.807, 2.05) is 6.20 Å². The fourth-order valence-corrected chi connectivity index (χ4v) is 2.36. The predicted octanol–water partition coefficient (Wildman–Crippen LogP) is 1.67. The Morgan fingerprint density at radius 1 is 1.28 bits per heavy atom. The zero-order valence-electron chi connectivity index (χ0n) is 9.67. The van der Waals surface area contributed by atoms with Gasteiger partial charge in [0.25, 0.3) is 0 Å². The van der Waals surface area contributed by atoms with Gasteiger partial charge in [0.1, 0.15) is 12.1 Å². The van der Waals surface area contributed by atoms with E-state index in [1.54, 1.807) is 18.6 Å². The second-order valence-electron chi connectivity index (χ2n) is 4.23. The van der Waals surface area contributed by atoms with E-state index in [2.05, 4.69) is 19.9 Å². The van der Waals surface area contributed by atoms with Crippen molar-refractivity contribution in [2.75, 3.05) is 17.2 Å². The minimum Gasteiger partial charge on any atom is -0.384 e. The van der Waals surface area contributed by atoms with Crippen molar-refractivity contribution in [2.24, 2.45) is 0 Å². The number of hydrogen-bond acceptors (Lipinski definition) is 5. The average Bonchev–Trinajstić information content (AvgIpc) is 2.41. The van der Waals surface area contributed by atoms with Crippen molar-refractivity contribution < 1.29 is 0 Å². The summed E-state index contributed by atoms with van der Waals surface area (Å²) in [5, 5.41) is 0.613. The lowest BCUT2D eigenvalue weighted by Crippen LogP contribution is -2.31.